The average molecular weight is 550 g/mol. The number of carbonyl (C=O) groups excluding carboxylic acids is 3. The summed E-state index contributed by atoms with van der Waals surface area (Å²) < 4.78 is 46.3. The van der Waals surface area contributed by atoms with Crippen LogP contribution in [-0.2, 0) is 20.5 Å². The van der Waals surface area contributed by atoms with Gasteiger partial charge < -0.3 is 19.9 Å². The number of carbonyl (C=O) groups is 3. The van der Waals surface area contributed by atoms with E-state index in [1.807, 2.05) is 0 Å². The van der Waals surface area contributed by atoms with Gasteiger partial charge in [0.1, 0.15) is 17.7 Å². The fourth-order valence-corrected chi connectivity index (χ4v) is 5.90. The second-order valence-electron chi connectivity index (χ2n) is 11.4. The number of nitrogens with zero attached hydrogens (tertiary/aromatic N) is 4. The molecule has 5 atom stereocenters. The lowest BCUT2D eigenvalue weighted by atomic mass is 9.99. The minimum absolute atomic E-state index is 0.0149. The number of ether oxygens (including phenoxy) is 1. The molecule has 3 aliphatic rings. The van der Waals surface area contributed by atoms with Crippen molar-refractivity contribution in [2.24, 2.45) is 0 Å². The van der Waals surface area contributed by atoms with Gasteiger partial charge in [0.15, 0.2) is 0 Å². The summed E-state index contributed by atoms with van der Waals surface area (Å²) in [6.07, 6.45) is -3.71. The van der Waals surface area contributed by atoms with Crippen LogP contribution in [0.1, 0.15) is 64.1 Å². The summed E-state index contributed by atoms with van der Waals surface area (Å²) in [6.45, 7) is 7.43. The highest BCUT2D eigenvalue weighted by Crippen LogP contribution is 2.41. The fourth-order valence-electron chi connectivity index (χ4n) is 5.90. The monoisotopic (exact) mass is 549 g/mol. The molecule has 1 unspecified atom stereocenters. The first kappa shape index (κ1) is 28.7. The van der Waals surface area contributed by atoms with Gasteiger partial charge in [-0.3, -0.25) is 14.5 Å². The van der Waals surface area contributed by atoms with E-state index in [0.717, 1.165) is 6.07 Å². The number of nitrogens with one attached hydrogen (secondary N) is 1. The number of hydrogen-bond donors (Lipinski definition) is 1. The molecule has 3 fully saturated rings. The minimum Gasteiger partial charge on any atom is -0.444 e. The van der Waals surface area contributed by atoms with Crippen molar-refractivity contribution in [1.29, 1.82) is 5.26 Å². The van der Waals surface area contributed by atoms with E-state index in [2.05, 4.69) is 11.4 Å². The molecule has 0 saturated carbocycles. The zero-order valence-corrected chi connectivity index (χ0v) is 22.5. The molecule has 1 N–H and O–H groups in total. The number of halogens is 3. The maximum absolute atomic E-state index is 13.6. The van der Waals surface area contributed by atoms with Crippen LogP contribution in [0, 0.1) is 11.3 Å². The van der Waals surface area contributed by atoms with Crippen LogP contribution in [0.3, 0.4) is 0 Å². The summed E-state index contributed by atoms with van der Waals surface area (Å²) in [6, 6.07) is 3.98. The van der Waals surface area contributed by atoms with Gasteiger partial charge in [-0.2, -0.15) is 18.4 Å². The summed E-state index contributed by atoms with van der Waals surface area (Å²) in [7, 11) is 0. The number of alkyl halides is 3. The Morgan fingerprint density at radius 1 is 1.23 bits per heavy atom. The van der Waals surface area contributed by atoms with E-state index in [-0.39, 0.29) is 24.1 Å². The fraction of sp³-hybridized carbons (Fsp3) is 0.630. The van der Waals surface area contributed by atoms with Crippen molar-refractivity contribution in [3.8, 4) is 6.07 Å². The molecule has 2 bridgehead atoms. The Kier molecular flexibility index (Phi) is 7.85. The van der Waals surface area contributed by atoms with Gasteiger partial charge >= 0.3 is 12.3 Å². The molecule has 0 aromatic heterocycles. The molecule has 212 valence electrons. The quantitative estimate of drug-likeness (QED) is 0.583. The Hall–Kier alpha value is -3.33. The second-order valence-corrected chi connectivity index (χ2v) is 11.4. The van der Waals surface area contributed by atoms with Gasteiger partial charge in [-0.05, 0) is 58.6 Å². The standard InChI is InChI=1S/C27H34F3N5O4/c1-16(19-9-5-6-10-20(19)27(28,29)30)35-18-12-22(24(35)37)33(14-18)15-21(32-25(38)39-26(2,3)4)23(36)34-11-7-8-17(34)13-31/h5-6,9-10,16-18,21-22H,7-8,11-12,14-15H2,1-4H3,(H,32,38)/t16-,17+,18?,21+,22-/m1/s1. The van der Waals surface area contributed by atoms with Crippen molar-refractivity contribution < 1.29 is 32.3 Å². The number of benzene rings is 1. The predicted octanol–water partition coefficient (Wildman–Crippen LogP) is 3.46. The molecule has 0 radical (unpaired) electrons. The Morgan fingerprint density at radius 2 is 1.92 bits per heavy atom. The van der Waals surface area contributed by atoms with Crippen LogP contribution in [0.4, 0.5) is 18.0 Å². The molecule has 1 aromatic rings. The number of likely N-dealkylation sites (tertiary alicyclic amines) is 3. The third-order valence-electron chi connectivity index (χ3n) is 7.54. The largest absolute Gasteiger partial charge is 0.444 e. The molecule has 3 amide bonds. The SMILES string of the molecule is C[C@H](c1ccccc1C(F)(F)F)N1C(=O)[C@H]2CC1CN2C[C@H](NC(=O)OC(C)(C)C)C(=O)N1CCC[C@H]1C#N. The first-order valence-electron chi connectivity index (χ1n) is 13.1. The van der Waals surface area contributed by atoms with Crippen LogP contribution in [0.25, 0.3) is 0 Å². The van der Waals surface area contributed by atoms with E-state index in [1.165, 1.54) is 28.0 Å². The zero-order valence-electron chi connectivity index (χ0n) is 22.5. The van der Waals surface area contributed by atoms with Crippen LogP contribution in [-0.4, -0.2) is 82.0 Å². The Bertz CT molecular complexity index is 1160. The summed E-state index contributed by atoms with van der Waals surface area (Å²) in [5.41, 5.74) is -1.53. The Balaban J connectivity index is 1.51. The van der Waals surface area contributed by atoms with E-state index in [9.17, 15) is 32.8 Å². The van der Waals surface area contributed by atoms with Gasteiger partial charge in [0.2, 0.25) is 11.8 Å². The number of piperazine rings is 1. The lowest BCUT2D eigenvalue weighted by molar-refractivity contribution is -0.144. The third-order valence-corrected chi connectivity index (χ3v) is 7.54. The molecule has 3 heterocycles. The van der Waals surface area contributed by atoms with Crippen LogP contribution in [0.15, 0.2) is 24.3 Å². The average Bonchev–Trinajstić information content (AvgIpc) is 3.55. The summed E-state index contributed by atoms with van der Waals surface area (Å²) in [5.74, 6) is -0.736. The van der Waals surface area contributed by atoms with E-state index >= 15 is 0 Å². The maximum Gasteiger partial charge on any atom is 0.416 e. The van der Waals surface area contributed by atoms with Crippen LogP contribution < -0.4 is 5.32 Å². The van der Waals surface area contributed by atoms with Crippen molar-refractivity contribution in [2.75, 3.05) is 19.6 Å². The molecule has 9 nitrogen and oxygen atoms in total. The molecular formula is C27H34F3N5O4. The lowest BCUT2D eigenvalue weighted by Gasteiger charge is -2.39. The zero-order chi connectivity index (χ0) is 28.7. The van der Waals surface area contributed by atoms with E-state index in [0.29, 0.717) is 32.4 Å². The van der Waals surface area contributed by atoms with Crippen molar-refractivity contribution in [3.63, 3.8) is 0 Å². The first-order valence-corrected chi connectivity index (χ1v) is 13.1. The number of rotatable bonds is 6. The number of alkyl carbamates (subject to hydrolysis) is 1. The highest BCUT2D eigenvalue weighted by molar-refractivity contribution is 5.88. The van der Waals surface area contributed by atoms with Gasteiger partial charge in [0.05, 0.1) is 23.7 Å². The smallest absolute Gasteiger partial charge is 0.416 e. The minimum atomic E-state index is -4.55. The lowest BCUT2D eigenvalue weighted by Crippen LogP contribution is -2.59. The summed E-state index contributed by atoms with van der Waals surface area (Å²) in [5, 5.41) is 12.1. The topological polar surface area (TPSA) is 106 Å². The predicted molar refractivity (Wildman–Crippen MR) is 134 cm³/mol. The van der Waals surface area contributed by atoms with Crippen LogP contribution in [0.5, 0.6) is 0 Å². The molecule has 3 aliphatic heterocycles. The second kappa shape index (κ2) is 10.7. The summed E-state index contributed by atoms with van der Waals surface area (Å²) in [4.78, 5) is 44.2. The Labute approximate surface area is 225 Å². The molecule has 12 heteroatoms. The van der Waals surface area contributed by atoms with Gasteiger partial charge in [-0.25, -0.2) is 4.79 Å². The number of amides is 3. The molecule has 39 heavy (non-hydrogen) atoms. The van der Waals surface area contributed by atoms with Crippen molar-refractivity contribution in [2.45, 2.75) is 88.9 Å². The molecule has 0 spiro atoms. The summed E-state index contributed by atoms with van der Waals surface area (Å²) >= 11 is 0. The van der Waals surface area contributed by atoms with Crippen molar-refractivity contribution in [1.82, 2.24) is 20.0 Å². The van der Waals surface area contributed by atoms with Gasteiger partial charge in [-0.1, -0.05) is 18.2 Å². The number of hydrogen-bond acceptors (Lipinski definition) is 6. The first-order chi connectivity index (χ1) is 18.2. The van der Waals surface area contributed by atoms with Crippen LogP contribution >= 0.6 is 0 Å². The molecule has 4 rings (SSSR count). The highest BCUT2D eigenvalue weighted by atomic mass is 19.4. The Morgan fingerprint density at radius 3 is 2.54 bits per heavy atom. The molecule has 1 aromatic carbocycles. The van der Waals surface area contributed by atoms with Crippen molar-refractivity contribution in [3.05, 3.63) is 35.4 Å². The van der Waals surface area contributed by atoms with E-state index < -0.39 is 53.5 Å². The number of nitriles is 1. The third kappa shape index (κ3) is 5.98. The highest BCUT2D eigenvalue weighted by Gasteiger charge is 2.53. The normalized spacial score (nSPS) is 25.0. The van der Waals surface area contributed by atoms with E-state index in [1.54, 1.807) is 32.6 Å². The van der Waals surface area contributed by atoms with Crippen LogP contribution in [0.2, 0.25) is 0 Å². The van der Waals surface area contributed by atoms with Crippen molar-refractivity contribution >= 4 is 17.9 Å². The van der Waals surface area contributed by atoms with E-state index in [4.69, 9.17) is 4.74 Å². The van der Waals surface area contributed by atoms with Gasteiger partial charge in [0, 0.05) is 25.7 Å². The molecule has 3 saturated heterocycles. The maximum atomic E-state index is 13.6. The van der Waals surface area contributed by atoms with Gasteiger partial charge in [0.25, 0.3) is 0 Å². The number of fused-ring (bicyclic) bond motifs is 2. The molecular weight excluding hydrogens is 515 g/mol. The molecule has 0 aliphatic carbocycles. The van der Waals surface area contributed by atoms with Gasteiger partial charge in [-0.15, -0.1) is 0 Å².